The number of hydrogen-bond donors (Lipinski definition) is 7. The van der Waals surface area contributed by atoms with E-state index in [0.29, 0.717) is 32.4 Å². The summed E-state index contributed by atoms with van der Waals surface area (Å²) in [6.07, 6.45) is -0.530. The van der Waals surface area contributed by atoms with Crippen LogP contribution < -0.4 is 21.3 Å². The highest BCUT2D eigenvalue weighted by Crippen LogP contribution is 2.51. The van der Waals surface area contributed by atoms with Gasteiger partial charge in [-0.3, -0.25) is 19.8 Å². The summed E-state index contributed by atoms with van der Waals surface area (Å²) in [5.41, 5.74) is -0.404. The standard InChI is InChI=1S/C38H63N5O8S2/c1-8-14-25(30(45)33(47)39-22-28(44)41-29(27-17-12-18-50-27)24-15-10-9-11-16-24)40-32(46)26-21-38(52-19-13-20-53-38)23-43(26)34(48)31(36(2,3)4)42-35(49)51-37(5,6)7/h9-11,15-16,25-27,29-32,34,40,45-46,48H,8,12-14,17-23H2,1-7H3,(H,39,47)(H,41,44)(H,42,49). The molecule has 8 unspecified atom stereocenters. The molecular weight excluding hydrogens is 719 g/mol. The number of rotatable bonds is 15. The summed E-state index contributed by atoms with van der Waals surface area (Å²) in [6, 6.07) is 6.99. The van der Waals surface area contributed by atoms with Crippen LogP contribution in [0.3, 0.4) is 0 Å². The number of aliphatic hydroxyl groups excluding tert-OH is 3. The molecule has 4 rings (SSSR count). The Morgan fingerprint density at radius 3 is 2.28 bits per heavy atom. The topological polar surface area (TPSA) is 182 Å². The number of carbonyl (C=O) groups is 3. The first-order valence-electron chi connectivity index (χ1n) is 19.0. The third-order valence-corrected chi connectivity index (χ3v) is 13.2. The highest BCUT2D eigenvalue weighted by atomic mass is 32.2. The fraction of sp³-hybridized carbons (Fsp3) is 0.763. The van der Waals surface area contributed by atoms with Gasteiger partial charge in [0.05, 0.1) is 34.9 Å². The monoisotopic (exact) mass is 781 g/mol. The zero-order valence-corrected chi connectivity index (χ0v) is 34.1. The lowest BCUT2D eigenvalue weighted by molar-refractivity contribution is -0.134. The van der Waals surface area contributed by atoms with Crippen LogP contribution in [0.25, 0.3) is 0 Å². The molecule has 300 valence electrons. The third-order valence-electron chi connectivity index (χ3n) is 9.87. The first-order chi connectivity index (χ1) is 24.9. The predicted molar refractivity (Wildman–Crippen MR) is 209 cm³/mol. The van der Waals surface area contributed by atoms with E-state index < -0.39 is 65.6 Å². The van der Waals surface area contributed by atoms with Crippen molar-refractivity contribution >= 4 is 41.4 Å². The number of aliphatic hydroxyl groups is 3. The number of amides is 3. The number of thioether (sulfide) groups is 2. The molecule has 3 saturated heterocycles. The average Bonchev–Trinajstić information content (AvgIpc) is 3.76. The second-order valence-corrected chi connectivity index (χ2v) is 19.7. The van der Waals surface area contributed by atoms with Gasteiger partial charge in [-0.2, -0.15) is 0 Å². The van der Waals surface area contributed by atoms with Gasteiger partial charge in [-0.05, 0) is 75.4 Å². The minimum absolute atomic E-state index is 0.174. The summed E-state index contributed by atoms with van der Waals surface area (Å²) in [6.45, 7) is 13.8. The van der Waals surface area contributed by atoms with E-state index in [9.17, 15) is 29.7 Å². The van der Waals surface area contributed by atoms with Crippen LogP contribution in [0.15, 0.2) is 30.3 Å². The van der Waals surface area contributed by atoms with Crippen LogP contribution in [0.4, 0.5) is 4.79 Å². The van der Waals surface area contributed by atoms with Crippen molar-refractivity contribution in [2.75, 3.05) is 31.2 Å². The quantitative estimate of drug-likeness (QED) is 0.129. The Bertz CT molecular complexity index is 1330. The maximum absolute atomic E-state index is 13.3. The highest BCUT2D eigenvalue weighted by molar-refractivity contribution is 8.18. The van der Waals surface area contributed by atoms with Crippen molar-refractivity contribution in [3.8, 4) is 0 Å². The van der Waals surface area contributed by atoms with Crippen LogP contribution >= 0.6 is 23.5 Å². The van der Waals surface area contributed by atoms with Gasteiger partial charge in [0.15, 0.2) is 0 Å². The van der Waals surface area contributed by atoms with Crippen molar-refractivity contribution in [2.45, 2.75) is 146 Å². The average molecular weight is 782 g/mol. The van der Waals surface area contributed by atoms with E-state index >= 15 is 0 Å². The Balaban J connectivity index is 1.45. The summed E-state index contributed by atoms with van der Waals surface area (Å²) >= 11 is 3.63. The predicted octanol–water partition coefficient (Wildman–Crippen LogP) is 3.48. The molecule has 7 N–H and O–H groups in total. The largest absolute Gasteiger partial charge is 0.444 e. The molecule has 8 atom stereocenters. The van der Waals surface area contributed by atoms with Crippen molar-refractivity contribution in [1.29, 1.82) is 0 Å². The summed E-state index contributed by atoms with van der Waals surface area (Å²) in [5.74, 6) is 0.763. The number of nitrogens with one attached hydrogen (secondary N) is 4. The Morgan fingerprint density at radius 2 is 1.70 bits per heavy atom. The second-order valence-electron chi connectivity index (χ2n) is 16.5. The molecule has 1 spiro atoms. The first-order valence-corrected chi connectivity index (χ1v) is 21.0. The molecule has 0 saturated carbocycles. The third kappa shape index (κ3) is 12.4. The smallest absolute Gasteiger partial charge is 0.408 e. The molecule has 3 aliphatic heterocycles. The summed E-state index contributed by atoms with van der Waals surface area (Å²) in [7, 11) is 0. The first kappa shape index (κ1) is 43.6. The Hall–Kier alpha value is -2.11. The Morgan fingerprint density at radius 1 is 1.02 bits per heavy atom. The van der Waals surface area contributed by atoms with E-state index in [2.05, 4.69) is 21.3 Å². The van der Waals surface area contributed by atoms with Gasteiger partial charge in [0.25, 0.3) is 5.91 Å². The maximum atomic E-state index is 13.3. The molecule has 15 heteroatoms. The lowest BCUT2D eigenvalue weighted by Crippen LogP contribution is -2.62. The molecule has 1 aromatic rings. The molecular formula is C38H63N5O8S2. The van der Waals surface area contributed by atoms with Gasteiger partial charge in [-0.1, -0.05) is 64.4 Å². The summed E-state index contributed by atoms with van der Waals surface area (Å²) < 4.78 is 11.1. The highest BCUT2D eigenvalue weighted by Gasteiger charge is 2.53. The number of nitrogens with zero attached hydrogens (tertiary/aromatic N) is 1. The zero-order valence-electron chi connectivity index (χ0n) is 32.4. The van der Waals surface area contributed by atoms with Gasteiger partial charge in [0, 0.05) is 19.2 Å². The van der Waals surface area contributed by atoms with E-state index in [0.717, 1.165) is 36.3 Å². The van der Waals surface area contributed by atoms with Gasteiger partial charge >= 0.3 is 6.09 Å². The minimum atomic E-state index is -1.57. The number of ether oxygens (including phenoxy) is 2. The van der Waals surface area contributed by atoms with Crippen LogP contribution in [0.1, 0.15) is 98.6 Å². The second kappa shape index (κ2) is 19.2. The van der Waals surface area contributed by atoms with Crippen molar-refractivity contribution < 1.29 is 39.2 Å². The molecule has 3 aliphatic rings. The number of hydrogen-bond acceptors (Lipinski definition) is 12. The molecule has 1 aromatic carbocycles. The maximum Gasteiger partial charge on any atom is 0.408 e. The van der Waals surface area contributed by atoms with E-state index in [4.69, 9.17) is 9.47 Å². The van der Waals surface area contributed by atoms with Gasteiger partial charge in [-0.15, -0.1) is 23.5 Å². The molecule has 3 amide bonds. The summed E-state index contributed by atoms with van der Waals surface area (Å²) in [5, 5.41) is 46.7. The van der Waals surface area contributed by atoms with Gasteiger partial charge in [-0.25, -0.2) is 4.79 Å². The normalized spacial score (nSPS) is 24.1. The van der Waals surface area contributed by atoms with Gasteiger partial charge in [0.1, 0.15) is 24.2 Å². The van der Waals surface area contributed by atoms with Gasteiger partial charge in [0.2, 0.25) is 5.91 Å². The van der Waals surface area contributed by atoms with E-state index in [1.54, 1.807) is 20.8 Å². The lowest BCUT2D eigenvalue weighted by Gasteiger charge is -2.42. The van der Waals surface area contributed by atoms with Crippen LogP contribution in [-0.4, -0.2) is 122 Å². The molecule has 0 aliphatic carbocycles. The number of likely N-dealkylation sites (tertiary alicyclic amines) is 1. The minimum Gasteiger partial charge on any atom is -0.444 e. The SMILES string of the molecule is CCCC(NC(O)C1CC2(CN1C(O)C(NC(=O)OC(C)(C)C)C(C)(C)C)SCCCS2)C(O)C(=O)NCC(=O)NC(c1ccccc1)C1CCCO1. The van der Waals surface area contributed by atoms with Crippen molar-refractivity contribution in [3.05, 3.63) is 35.9 Å². The lowest BCUT2D eigenvalue weighted by atomic mass is 9.85. The number of benzene rings is 1. The van der Waals surface area contributed by atoms with E-state index in [1.165, 1.54) is 0 Å². The van der Waals surface area contributed by atoms with Crippen LogP contribution in [0.5, 0.6) is 0 Å². The Labute approximate surface area is 323 Å². The van der Waals surface area contributed by atoms with E-state index in [1.807, 2.05) is 86.5 Å². The van der Waals surface area contributed by atoms with Crippen molar-refractivity contribution in [1.82, 2.24) is 26.2 Å². The molecule has 3 heterocycles. The van der Waals surface area contributed by atoms with Crippen LogP contribution in [0.2, 0.25) is 0 Å². The van der Waals surface area contributed by atoms with Crippen molar-refractivity contribution in [3.63, 3.8) is 0 Å². The van der Waals surface area contributed by atoms with E-state index in [-0.39, 0.29) is 22.8 Å². The number of alkyl carbamates (subject to hydrolysis) is 1. The van der Waals surface area contributed by atoms with Crippen LogP contribution in [-0.2, 0) is 19.1 Å². The van der Waals surface area contributed by atoms with Crippen molar-refractivity contribution in [2.24, 2.45) is 5.41 Å². The summed E-state index contributed by atoms with van der Waals surface area (Å²) in [4.78, 5) is 41.2. The van der Waals surface area contributed by atoms with Gasteiger partial charge < -0.3 is 40.7 Å². The number of carbonyl (C=O) groups excluding carboxylic acids is 3. The molecule has 53 heavy (non-hydrogen) atoms. The molecule has 13 nitrogen and oxygen atoms in total. The fourth-order valence-electron chi connectivity index (χ4n) is 7.24. The van der Waals surface area contributed by atoms with Crippen LogP contribution in [0, 0.1) is 5.41 Å². The molecule has 0 radical (unpaired) electrons. The zero-order chi connectivity index (χ0) is 39.0. The molecule has 0 aromatic heterocycles. The molecule has 0 bridgehead atoms. The fourth-order valence-corrected chi connectivity index (χ4v) is 10.6. The Kier molecular flexibility index (Phi) is 15.8. The molecule has 3 fully saturated rings.